The van der Waals surface area contributed by atoms with Crippen LogP contribution in [0.15, 0.2) is 36.4 Å². The van der Waals surface area contributed by atoms with Crippen molar-refractivity contribution in [3.63, 3.8) is 0 Å². The lowest BCUT2D eigenvalue weighted by Crippen LogP contribution is -2.01. The fourth-order valence-electron chi connectivity index (χ4n) is 1.42. The first-order valence-electron chi connectivity index (χ1n) is 5.13. The van der Waals surface area contributed by atoms with E-state index in [-0.39, 0.29) is 0 Å². The summed E-state index contributed by atoms with van der Waals surface area (Å²) in [4.78, 5) is 10.7. The number of rotatable bonds is 3. The summed E-state index contributed by atoms with van der Waals surface area (Å²) >= 11 is 1.96. The smallest absolute Gasteiger partial charge is 0.335 e. The molecule has 0 unspecified atom stereocenters. The molecular formula is C13H7F2IO3. The Balaban J connectivity index is 2.42. The van der Waals surface area contributed by atoms with Crippen LogP contribution in [0.25, 0.3) is 0 Å². The Morgan fingerprint density at radius 2 is 1.74 bits per heavy atom. The Hall–Kier alpha value is -1.70. The summed E-state index contributed by atoms with van der Waals surface area (Å²) in [5.74, 6) is -3.84. The second kappa shape index (κ2) is 5.52. The quantitative estimate of drug-likeness (QED) is 0.822. The third-order valence-corrected chi connectivity index (χ3v) is 3.19. The molecule has 2 rings (SSSR count). The van der Waals surface area contributed by atoms with Crippen molar-refractivity contribution in [3.8, 4) is 11.5 Å². The average Bonchev–Trinajstić information content (AvgIpc) is 2.35. The van der Waals surface area contributed by atoms with Crippen molar-refractivity contribution in [1.29, 1.82) is 0 Å². The van der Waals surface area contributed by atoms with Crippen molar-refractivity contribution in [2.75, 3.05) is 0 Å². The number of hydrogen-bond donors (Lipinski definition) is 1. The Morgan fingerprint density at radius 3 is 2.26 bits per heavy atom. The minimum atomic E-state index is -1.40. The predicted molar refractivity (Wildman–Crippen MR) is 72.6 cm³/mol. The van der Waals surface area contributed by atoms with Gasteiger partial charge < -0.3 is 9.84 Å². The fourth-order valence-corrected chi connectivity index (χ4v) is 1.92. The number of para-hydroxylation sites is 1. The van der Waals surface area contributed by atoms with E-state index in [1.807, 2.05) is 22.6 Å². The summed E-state index contributed by atoms with van der Waals surface area (Å²) < 4.78 is 33.2. The Morgan fingerprint density at radius 1 is 1.16 bits per heavy atom. The van der Waals surface area contributed by atoms with Crippen molar-refractivity contribution in [1.82, 2.24) is 0 Å². The minimum absolute atomic E-state index is 0.295. The van der Waals surface area contributed by atoms with Gasteiger partial charge in [0.2, 0.25) is 0 Å². The van der Waals surface area contributed by atoms with Crippen LogP contribution in [0, 0.1) is 15.2 Å². The number of aromatic carboxylic acids is 1. The third-order valence-electron chi connectivity index (χ3n) is 2.29. The van der Waals surface area contributed by atoms with Gasteiger partial charge in [-0.15, -0.1) is 0 Å². The molecule has 0 spiro atoms. The molecule has 0 atom stereocenters. The number of carboxylic acid groups (broad SMARTS) is 1. The van der Waals surface area contributed by atoms with Gasteiger partial charge in [-0.25, -0.2) is 13.6 Å². The van der Waals surface area contributed by atoms with Crippen molar-refractivity contribution < 1.29 is 23.4 Å². The van der Waals surface area contributed by atoms with Crippen LogP contribution in [-0.2, 0) is 0 Å². The van der Waals surface area contributed by atoms with Crippen molar-refractivity contribution in [3.05, 3.63) is 57.2 Å². The van der Waals surface area contributed by atoms with E-state index in [0.717, 1.165) is 12.1 Å². The van der Waals surface area contributed by atoms with Crippen LogP contribution >= 0.6 is 22.6 Å². The number of benzene rings is 2. The second-order valence-electron chi connectivity index (χ2n) is 3.61. The van der Waals surface area contributed by atoms with E-state index in [1.165, 1.54) is 0 Å². The van der Waals surface area contributed by atoms with Crippen LogP contribution in [0.4, 0.5) is 8.78 Å². The SMILES string of the molecule is O=C(O)c1cc(F)c(Oc2ccccc2I)c(F)c1. The number of carboxylic acids is 1. The monoisotopic (exact) mass is 376 g/mol. The van der Waals surface area contributed by atoms with Gasteiger partial charge in [0, 0.05) is 0 Å². The van der Waals surface area contributed by atoms with Gasteiger partial charge in [-0.2, -0.15) is 0 Å². The zero-order chi connectivity index (χ0) is 14.0. The molecule has 0 aliphatic rings. The average molecular weight is 376 g/mol. The van der Waals surface area contributed by atoms with Crippen molar-refractivity contribution in [2.45, 2.75) is 0 Å². The Bertz CT molecular complexity index is 621. The predicted octanol–water partition coefficient (Wildman–Crippen LogP) is 4.06. The molecule has 1 N–H and O–H groups in total. The van der Waals surface area contributed by atoms with Gasteiger partial charge in [-0.05, 0) is 46.9 Å². The van der Waals surface area contributed by atoms with Gasteiger partial charge in [0.25, 0.3) is 0 Å². The van der Waals surface area contributed by atoms with E-state index >= 15 is 0 Å². The number of hydrogen-bond acceptors (Lipinski definition) is 2. The van der Waals surface area contributed by atoms with Gasteiger partial charge in [-0.3, -0.25) is 0 Å². The first kappa shape index (κ1) is 13.7. The summed E-state index contributed by atoms with van der Waals surface area (Å²) in [5, 5.41) is 8.68. The summed E-state index contributed by atoms with van der Waals surface area (Å²) in [6, 6.07) is 8.14. The van der Waals surface area contributed by atoms with E-state index in [2.05, 4.69) is 0 Å². The molecular weight excluding hydrogens is 369 g/mol. The maximum atomic E-state index is 13.7. The molecule has 2 aromatic rings. The number of carbonyl (C=O) groups is 1. The summed E-state index contributed by atoms with van der Waals surface area (Å²) in [6.07, 6.45) is 0. The zero-order valence-electron chi connectivity index (χ0n) is 9.36. The highest BCUT2D eigenvalue weighted by atomic mass is 127. The Kier molecular flexibility index (Phi) is 3.98. The van der Waals surface area contributed by atoms with E-state index < -0.39 is 28.9 Å². The normalized spacial score (nSPS) is 10.3. The lowest BCUT2D eigenvalue weighted by Gasteiger charge is -2.10. The van der Waals surface area contributed by atoms with Crippen LogP contribution in [0.1, 0.15) is 10.4 Å². The molecule has 0 saturated carbocycles. The van der Waals surface area contributed by atoms with Gasteiger partial charge >= 0.3 is 5.97 Å². The maximum Gasteiger partial charge on any atom is 0.335 e. The van der Waals surface area contributed by atoms with E-state index in [0.29, 0.717) is 9.32 Å². The molecule has 0 bridgehead atoms. The molecule has 19 heavy (non-hydrogen) atoms. The largest absolute Gasteiger partial charge is 0.478 e. The molecule has 0 fully saturated rings. The van der Waals surface area contributed by atoms with E-state index in [1.54, 1.807) is 24.3 Å². The molecule has 0 aromatic heterocycles. The van der Waals surface area contributed by atoms with Crippen LogP contribution in [0.5, 0.6) is 11.5 Å². The molecule has 98 valence electrons. The third kappa shape index (κ3) is 3.01. The van der Waals surface area contributed by atoms with Crippen molar-refractivity contribution in [2.24, 2.45) is 0 Å². The van der Waals surface area contributed by atoms with Gasteiger partial charge in [0.1, 0.15) is 5.75 Å². The van der Waals surface area contributed by atoms with Gasteiger partial charge in [0.05, 0.1) is 9.13 Å². The second-order valence-corrected chi connectivity index (χ2v) is 4.77. The first-order chi connectivity index (χ1) is 8.99. The Labute approximate surface area is 121 Å². The van der Waals surface area contributed by atoms with Crippen LogP contribution < -0.4 is 4.74 Å². The summed E-state index contributed by atoms with van der Waals surface area (Å²) in [7, 11) is 0. The van der Waals surface area contributed by atoms with Gasteiger partial charge in [0.15, 0.2) is 17.4 Å². The molecule has 0 saturated heterocycles. The molecule has 0 aliphatic heterocycles. The standard InChI is InChI=1S/C13H7F2IO3/c14-8-5-7(13(17)18)6-9(15)12(8)19-11-4-2-1-3-10(11)16/h1-6H,(H,17,18). The maximum absolute atomic E-state index is 13.7. The topological polar surface area (TPSA) is 46.5 Å². The summed E-state index contributed by atoms with van der Waals surface area (Å²) in [5.41, 5.74) is -0.467. The highest BCUT2D eigenvalue weighted by Gasteiger charge is 2.17. The highest BCUT2D eigenvalue weighted by molar-refractivity contribution is 14.1. The first-order valence-corrected chi connectivity index (χ1v) is 6.21. The van der Waals surface area contributed by atoms with Crippen LogP contribution in [0.3, 0.4) is 0 Å². The lowest BCUT2D eigenvalue weighted by atomic mass is 10.2. The van der Waals surface area contributed by atoms with E-state index in [4.69, 9.17) is 9.84 Å². The highest BCUT2D eigenvalue weighted by Crippen LogP contribution is 2.31. The van der Waals surface area contributed by atoms with E-state index in [9.17, 15) is 13.6 Å². The fraction of sp³-hybridized carbons (Fsp3) is 0. The molecule has 3 nitrogen and oxygen atoms in total. The molecule has 0 aliphatic carbocycles. The van der Waals surface area contributed by atoms with Crippen molar-refractivity contribution >= 4 is 28.6 Å². The van der Waals surface area contributed by atoms with Crippen LogP contribution in [-0.4, -0.2) is 11.1 Å². The van der Waals surface area contributed by atoms with Crippen LogP contribution in [0.2, 0.25) is 0 Å². The molecule has 0 heterocycles. The molecule has 0 amide bonds. The molecule has 0 radical (unpaired) electrons. The number of ether oxygens (including phenoxy) is 1. The lowest BCUT2D eigenvalue weighted by molar-refractivity contribution is 0.0695. The zero-order valence-corrected chi connectivity index (χ0v) is 11.5. The van der Waals surface area contributed by atoms with Gasteiger partial charge in [-0.1, -0.05) is 12.1 Å². The molecule has 6 heteroatoms. The molecule has 2 aromatic carbocycles. The minimum Gasteiger partial charge on any atom is -0.478 e. The summed E-state index contributed by atoms with van der Waals surface area (Å²) in [6.45, 7) is 0. The number of halogens is 3.